The SMILES string of the molecule is C=CC1(OC2(C=C)CCCCC2Cc2ccccc2)CCCCC1Cc1ccccc1. The smallest absolute Gasteiger partial charge is 0.0903 e. The number of rotatable bonds is 8. The predicted molar refractivity (Wildman–Crippen MR) is 131 cm³/mol. The summed E-state index contributed by atoms with van der Waals surface area (Å²) in [6, 6.07) is 21.8. The Morgan fingerprint density at radius 1 is 0.677 bits per heavy atom. The van der Waals surface area contributed by atoms with Gasteiger partial charge in [0.15, 0.2) is 0 Å². The van der Waals surface area contributed by atoms with Crippen LogP contribution in [0.5, 0.6) is 0 Å². The minimum atomic E-state index is -0.269. The Kier molecular flexibility index (Phi) is 7.13. The van der Waals surface area contributed by atoms with Gasteiger partial charge in [-0.3, -0.25) is 0 Å². The molecule has 4 rings (SSSR count). The largest absolute Gasteiger partial charge is 0.360 e. The van der Waals surface area contributed by atoms with Gasteiger partial charge in [0.25, 0.3) is 0 Å². The van der Waals surface area contributed by atoms with Gasteiger partial charge in [-0.1, -0.05) is 98.5 Å². The van der Waals surface area contributed by atoms with Gasteiger partial charge in [0, 0.05) is 0 Å². The summed E-state index contributed by atoms with van der Waals surface area (Å²) in [5.74, 6) is 0.939. The molecule has 0 aliphatic heterocycles. The minimum absolute atomic E-state index is 0.269. The van der Waals surface area contributed by atoms with E-state index in [4.69, 9.17) is 4.74 Å². The van der Waals surface area contributed by atoms with Crippen molar-refractivity contribution in [2.45, 2.75) is 75.4 Å². The molecule has 0 aromatic heterocycles. The fraction of sp³-hybridized carbons (Fsp3) is 0.467. The van der Waals surface area contributed by atoms with Gasteiger partial charge < -0.3 is 4.74 Å². The summed E-state index contributed by atoms with van der Waals surface area (Å²) in [6.45, 7) is 8.66. The Morgan fingerprint density at radius 3 is 1.48 bits per heavy atom. The van der Waals surface area contributed by atoms with Crippen LogP contribution < -0.4 is 0 Å². The highest BCUT2D eigenvalue weighted by atomic mass is 16.5. The van der Waals surface area contributed by atoms with Crippen molar-refractivity contribution >= 4 is 0 Å². The topological polar surface area (TPSA) is 9.23 Å². The first-order valence-electron chi connectivity index (χ1n) is 12.2. The average molecular weight is 415 g/mol. The summed E-state index contributed by atoms with van der Waals surface area (Å²) in [5.41, 5.74) is 2.27. The molecule has 2 fully saturated rings. The number of ether oxygens (including phenoxy) is 1. The van der Waals surface area contributed by atoms with Crippen LogP contribution in [0.25, 0.3) is 0 Å². The lowest BCUT2D eigenvalue weighted by Gasteiger charge is -2.52. The standard InChI is InChI=1S/C30H38O/c1-3-29(21-13-11-19-27(29)23-25-15-7-5-8-16-25)31-30(4-2)22-14-12-20-28(30)24-26-17-9-6-10-18-26/h3-10,15-18,27-28H,1-2,11-14,19-24H2. The maximum Gasteiger partial charge on any atom is 0.0903 e. The normalized spacial score (nSPS) is 31.1. The molecule has 1 nitrogen and oxygen atoms in total. The monoisotopic (exact) mass is 414 g/mol. The maximum atomic E-state index is 7.34. The van der Waals surface area contributed by atoms with E-state index < -0.39 is 0 Å². The molecule has 0 radical (unpaired) electrons. The van der Waals surface area contributed by atoms with Crippen molar-refractivity contribution in [3.05, 3.63) is 97.1 Å². The highest BCUT2D eigenvalue weighted by molar-refractivity contribution is 5.21. The molecule has 4 atom stereocenters. The van der Waals surface area contributed by atoms with Gasteiger partial charge >= 0.3 is 0 Å². The molecule has 2 aromatic carbocycles. The van der Waals surface area contributed by atoms with Gasteiger partial charge in [0.1, 0.15) is 0 Å². The molecule has 0 saturated heterocycles. The number of hydrogen-bond acceptors (Lipinski definition) is 1. The average Bonchev–Trinajstić information content (AvgIpc) is 2.83. The fourth-order valence-electron chi connectivity index (χ4n) is 6.07. The molecule has 2 aliphatic rings. The van der Waals surface area contributed by atoms with E-state index in [0.29, 0.717) is 11.8 Å². The second-order valence-corrected chi connectivity index (χ2v) is 9.69. The predicted octanol–water partition coefficient (Wildman–Crippen LogP) is 7.72. The Hall–Kier alpha value is -2.12. The van der Waals surface area contributed by atoms with Gasteiger partial charge in [0.2, 0.25) is 0 Å². The van der Waals surface area contributed by atoms with E-state index in [1.807, 2.05) is 0 Å². The van der Waals surface area contributed by atoms with E-state index in [-0.39, 0.29) is 11.2 Å². The van der Waals surface area contributed by atoms with E-state index >= 15 is 0 Å². The van der Waals surface area contributed by atoms with E-state index in [9.17, 15) is 0 Å². The Balaban J connectivity index is 1.62. The van der Waals surface area contributed by atoms with Crippen LogP contribution in [-0.4, -0.2) is 11.2 Å². The molecule has 164 valence electrons. The minimum Gasteiger partial charge on any atom is -0.360 e. The van der Waals surface area contributed by atoms with Crippen LogP contribution in [0.15, 0.2) is 86.0 Å². The van der Waals surface area contributed by atoms with Crippen molar-refractivity contribution in [1.29, 1.82) is 0 Å². The van der Waals surface area contributed by atoms with Crippen LogP contribution in [0.2, 0.25) is 0 Å². The van der Waals surface area contributed by atoms with Crippen LogP contribution in [-0.2, 0) is 17.6 Å². The zero-order chi connectivity index (χ0) is 21.6. The second-order valence-electron chi connectivity index (χ2n) is 9.69. The lowest BCUT2D eigenvalue weighted by molar-refractivity contribution is -0.181. The molecule has 0 amide bonds. The Labute approximate surface area is 189 Å². The third kappa shape index (κ3) is 4.88. The van der Waals surface area contributed by atoms with Crippen molar-refractivity contribution in [2.75, 3.05) is 0 Å². The van der Waals surface area contributed by atoms with Crippen molar-refractivity contribution in [3.8, 4) is 0 Å². The van der Waals surface area contributed by atoms with Crippen molar-refractivity contribution in [3.63, 3.8) is 0 Å². The summed E-state index contributed by atoms with van der Waals surface area (Å²) in [6.07, 6.45) is 16.0. The quantitative estimate of drug-likeness (QED) is 0.402. The van der Waals surface area contributed by atoms with Crippen molar-refractivity contribution in [1.82, 2.24) is 0 Å². The molecule has 0 spiro atoms. The second kappa shape index (κ2) is 10.0. The summed E-state index contributed by atoms with van der Waals surface area (Å²) in [4.78, 5) is 0. The third-order valence-electron chi connectivity index (χ3n) is 7.84. The molecule has 4 unspecified atom stereocenters. The van der Waals surface area contributed by atoms with Gasteiger partial charge in [-0.25, -0.2) is 0 Å². The first-order valence-corrected chi connectivity index (χ1v) is 12.2. The molecule has 0 N–H and O–H groups in total. The lowest BCUT2D eigenvalue weighted by Crippen LogP contribution is -2.53. The summed E-state index contributed by atoms with van der Waals surface area (Å²) < 4.78 is 7.34. The van der Waals surface area contributed by atoms with Crippen LogP contribution in [0.3, 0.4) is 0 Å². The lowest BCUT2D eigenvalue weighted by atomic mass is 9.69. The first-order chi connectivity index (χ1) is 15.2. The Bertz CT molecular complexity index is 770. The van der Waals surface area contributed by atoms with Crippen LogP contribution in [0.4, 0.5) is 0 Å². The zero-order valence-corrected chi connectivity index (χ0v) is 19.0. The number of benzene rings is 2. The molecule has 31 heavy (non-hydrogen) atoms. The molecule has 0 heterocycles. The van der Waals surface area contributed by atoms with Crippen LogP contribution in [0.1, 0.15) is 62.5 Å². The highest BCUT2D eigenvalue weighted by Crippen LogP contribution is 2.48. The molecule has 1 heteroatoms. The van der Waals surface area contributed by atoms with Crippen molar-refractivity contribution in [2.24, 2.45) is 11.8 Å². The van der Waals surface area contributed by atoms with E-state index in [0.717, 1.165) is 25.7 Å². The third-order valence-corrected chi connectivity index (χ3v) is 7.84. The molecule has 2 aromatic rings. The molecular weight excluding hydrogens is 376 g/mol. The summed E-state index contributed by atoms with van der Waals surface area (Å²) in [5, 5.41) is 0. The molecule has 2 saturated carbocycles. The van der Waals surface area contributed by atoms with E-state index in [2.05, 4.69) is 86.0 Å². The fourth-order valence-corrected chi connectivity index (χ4v) is 6.07. The van der Waals surface area contributed by atoms with Crippen LogP contribution >= 0.6 is 0 Å². The molecular formula is C30H38O. The summed E-state index contributed by atoms with van der Waals surface area (Å²) in [7, 11) is 0. The molecule has 0 bridgehead atoms. The van der Waals surface area contributed by atoms with Crippen molar-refractivity contribution < 1.29 is 4.74 Å². The Morgan fingerprint density at radius 2 is 1.10 bits per heavy atom. The summed E-state index contributed by atoms with van der Waals surface area (Å²) >= 11 is 0. The number of hydrogen-bond donors (Lipinski definition) is 0. The first kappa shape index (κ1) is 22.1. The van der Waals surface area contributed by atoms with Gasteiger partial charge in [0.05, 0.1) is 11.2 Å². The van der Waals surface area contributed by atoms with E-state index in [1.165, 1.54) is 49.7 Å². The van der Waals surface area contributed by atoms with Gasteiger partial charge in [-0.05, 0) is 61.5 Å². The molecule has 2 aliphatic carbocycles. The highest BCUT2D eigenvalue weighted by Gasteiger charge is 2.48. The maximum absolute atomic E-state index is 7.34. The van der Waals surface area contributed by atoms with E-state index in [1.54, 1.807) is 0 Å². The van der Waals surface area contributed by atoms with Gasteiger partial charge in [-0.15, -0.1) is 13.2 Å². The van der Waals surface area contributed by atoms with Crippen LogP contribution in [0, 0.1) is 11.8 Å². The van der Waals surface area contributed by atoms with Gasteiger partial charge in [-0.2, -0.15) is 0 Å². The zero-order valence-electron chi connectivity index (χ0n) is 19.0.